The fourth-order valence-electron chi connectivity index (χ4n) is 5.17. The molecule has 1 heterocycles. The quantitative estimate of drug-likeness (QED) is 0.309. The van der Waals surface area contributed by atoms with Crippen LogP contribution in [0.1, 0.15) is 62.5 Å². The molecule has 0 bridgehead atoms. The van der Waals surface area contributed by atoms with Gasteiger partial charge >= 0.3 is 5.97 Å². The Kier molecular flexibility index (Phi) is 8.14. The summed E-state index contributed by atoms with van der Waals surface area (Å²) in [5.74, 6) is -0.303. The first-order valence-corrected chi connectivity index (χ1v) is 12.7. The summed E-state index contributed by atoms with van der Waals surface area (Å²) in [6.45, 7) is 4.24. The van der Waals surface area contributed by atoms with E-state index in [0.717, 1.165) is 29.7 Å². The highest BCUT2D eigenvalue weighted by Crippen LogP contribution is 2.47. The van der Waals surface area contributed by atoms with E-state index in [4.69, 9.17) is 30.8 Å². The van der Waals surface area contributed by atoms with E-state index >= 15 is 0 Å². The van der Waals surface area contributed by atoms with Gasteiger partial charge in [0.05, 0.1) is 20.8 Å². The Bertz CT molecular complexity index is 1220. The molecule has 0 saturated carbocycles. The molecule has 1 aliphatic carbocycles. The molecule has 4 rings (SSSR count). The Hall–Kier alpha value is -3.12. The molecule has 6 nitrogen and oxygen atoms in total. The minimum Gasteiger partial charge on any atom is -0.493 e. The number of carbonyl (C=O) groups excluding carboxylic acids is 2. The molecule has 0 spiro atoms. The lowest BCUT2D eigenvalue weighted by molar-refractivity contribution is -0.146. The number of halogens is 1. The molecule has 0 saturated heterocycles. The lowest BCUT2D eigenvalue weighted by atomic mass is 9.69. The van der Waals surface area contributed by atoms with Gasteiger partial charge in [-0.2, -0.15) is 0 Å². The Morgan fingerprint density at radius 2 is 1.83 bits per heavy atom. The van der Waals surface area contributed by atoms with Crippen molar-refractivity contribution >= 4 is 29.1 Å². The van der Waals surface area contributed by atoms with Crippen molar-refractivity contribution < 1.29 is 23.8 Å². The minimum atomic E-state index is -0.666. The van der Waals surface area contributed by atoms with Crippen molar-refractivity contribution in [2.75, 3.05) is 20.8 Å². The predicted molar refractivity (Wildman–Crippen MR) is 140 cm³/mol. The Labute approximate surface area is 217 Å². The molecular weight excluding hydrogens is 478 g/mol. The molecule has 2 aromatic carbocycles. The number of allylic oxidation sites excluding steroid dienone is 2. The predicted octanol–water partition coefficient (Wildman–Crippen LogP) is 6.28. The molecule has 2 aliphatic rings. The number of carbonyl (C=O) groups is 2. The molecule has 36 heavy (non-hydrogen) atoms. The molecule has 1 unspecified atom stereocenters. The summed E-state index contributed by atoms with van der Waals surface area (Å²) in [4.78, 5) is 31.8. The van der Waals surface area contributed by atoms with E-state index in [0.29, 0.717) is 47.3 Å². The van der Waals surface area contributed by atoms with Crippen LogP contribution in [-0.4, -0.2) is 38.3 Å². The van der Waals surface area contributed by atoms with Gasteiger partial charge in [0.25, 0.3) is 0 Å². The molecule has 190 valence electrons. The third-order valence-corrected chi connectivity index (χ3v) is 7.21. The van der Waals surface area contributed by atoms with E-state index in [1.54, 1.807) is 20.3 Å². The van der Waals surface area contributed by atoms with Gasteiger partial charge in [-0.3, -0.25) is 14.6 Å². The first kappa shape index (κ1) is 26.0. The molecule has 7 heteroatoms. The third kappa shape index (κ3) is 5.19. The standard InChI is InChI=1S/C29H32ClNO5/c1-5-6-12-36-29(33)26-17(2)31-22-14-20(18-10-11-24(34-3)25(16-18)35-4)15-23(32)28(22)27(26)19-8-7-9-21(30)13-19/h7-11,13,16,20,26-27H,5-6,12,14-15H2,1-4H3/t20-,26?,27-/m0/s1. The minimum absolute atomic E-state index is 0.0105. The summed E-state index contributed by atoms with van der Waals surface area (Å²) in [5.41, 5.74) is 3.78. The maximum Gasteiger partial charge on any atom is 0.315 e. The molecule has 0 fully saturated rings. The Balaban J connectivity index is 1.74. The maximum atomic E-state index is 13.7. The molecule has 2 aromatic rings. The van der Waals surface area contributed by atoms with E-state index in [2.05, 4.69) is 0 Å². The van der Waals surface area contributed by atoms with Crippen LogP contribution in [0.2, 0.25) is 5.02 Å². The van der Waals surface area contributed by atoms with Crippen molar-refractivity contribution in [3.8, 4) is 11.5 Å². The lowest BCUT2D eigenvalue weighted by Crippen LogP contribution is -2.38. The monoisotopic (exact) mass is 509 g/mol. The summed E-state index contributed by atoms with van der Waals surface area (Å²) in [7, 11) is 3.19. The summed E-state index contributed by atoms with van der Waals surface area (Å²) < 4.78 is 16.5. The summed E-state index contributed by atoms with van der Waals surface area (Å²) >= 11 is 6.33. The highest BCUT2D eigenvalue weighted by molar-refractivity contribution is 6.30. The number of esters is 1. The number of benzene rings is 2. The summed E-state index contributed by atoms with van der Waals surface area (Å²) in [6.07, 6.45) is 2.62. The van der Waals surface area contributed by atoms with Crippen LogP contribution in [0.5, 0.6) is 11.5 Å². The number of aliphatic imine (C=N–C) groups is 1. The Morgan fingerprint density at radius 1 is 1.06 bits per heavy atom. The first-order chi connectivity index (χ1) is 17.4. The van der Waals surface area contributed by atoms with Gasteiger partial charge in [0.2, 0.25) is 0 Å². The van der Waals surface area contributed by atoms with Gasteiger partial charge in [0.15, 0.2) is 17.3 Å². The van der Waals surface area contributed by atoms with Crippen molar-refractivity contribution in [1.82, 2.24) is 0 Å². The number of unbranched alkanes of at least 4 members (excludes halogenated alkanes) is 1. The fourth-order valence-corrected chi connectivity index (χ4v) is 5.37. The van der Waals surface area contributed by atoms with Gasteiger partial charge in [-0.1, -0.05) is 43.1 Å². The van der Waals surface area contributed by atoms with Gasteiger partial charge in [-0.05, 0) is 61.1 Å². The summed E-state index contributed by atoms with van der Waals surface area (Å²) in [6, 6.07) is 13.1. The third-order valence-electron chi connectivity index (χ3n) is 6.97. The van der Waals surface area contributed by atoms with Gasteiger partial charge in [-0.15, -0.1) is 0 Å². The number of hydrogen-bond donors (Lipinski definition) is 0. The van der Waals surface area contributed by atoms with E-state index in [1.165, 1.54) is 0 Å². The molecule has 3 atom stereocenters. The highest BCUT2D eigenvalue weighted by Gasteiger charge is 2.44. The zero-order chi connectivity index (χ0) is 25.8. The highest BCUT2D eigenvalue weighted by atomic mass is 35.5. The van der Waals surface area contributed by atoms with Crippen molar-refractivity contribution in [2.24, 2.45) is 10.9 Å². The smallest absolute Gasteiger partial charge is 0.315 e. The van der Waals surface area contributed by atoms with Crippen LogP contribution in [0, 0.1) is 5.92 Å². The number of Topliss-reactive ketones (excluding diaryl/α,β-unsaturated/α-hetero) is 1. The zero-order valence-electron chi connectivity index (χ0n) is 21.2. The number of nitrogens with zero attached hydrogens (tertiary/aromatic N) is 1. The Morgan fingerprint density at radius 3 is 2.53 bits per heavy atom. The van der Waals surface area contributed by atoms with E-state index in [9.17, 15) is 9.59 Å². The van der Waals surface area contributed by atoms with Gasteiger partial charge in [0, 0.05) is 34.3 Å². The first-order valence-electron chi connectivity index (χ1n) is 12.3. The number of methoxy groups -OCH3 is 2. The number of hydrogen-bond acceptors (Lipinski definition) is 6. The van der Waals surface area contributed by atoms with E-state index < -0.39 is 11.8 Å². The van der Waals surface area contributed by atoms with Crippen LogP contribution in [0.25, 0.3) is 0 Å². The molecular formula is C29H32ClNO5. The van der Waals surface area contributed by atoms with E-state index in [1.807, 2.05) is 50.2 Å². The lowest BCUT2D eigenvalue weighted by Gasteiger charge is -2.36. The van der Waals surface area contributed by atoms with Crippen LogP contribution >= 0.6 is 11.6 Å². The average molecular weight is 510 g/mol. The van der Waals surface area contributed by atoms with Crippen molar-refractivity contribution in [3.05, 3.63) is 69.9 Å². The van der Waals surface area contributed by atoms with Crippen LogP contribution in [-0.2, 0) is 14.3 Å². The average Bonchev–Trinajstić information content (AvgIpc) is 2.87. The number of rotatable bonds is 8. The topological polar surface area (TPSA) is 74.2 Å². The maximum absolute atomic E-state index is 13.7. The van der Waals surface area contributed by atoms with Gasteiger partial charge < -0.3 is 14.2 Å². The molecule has 0 amide bonds. The second-order valence-electron chi connectivity index (χ2n) is 9.29. The van der Waals surface area contributed by atoms with Crippen LogP contribution in [0.3, 0.4) is 0 Å². The second kappa shape index (κ2) is 11.3. The van der Waals surface area contributed by atoms with Crippen LogP contribution in [0.4, 0.5) is 0 Å². The summed E-state index contributed by atoms with van der Waals surface area (Å²) in [5, 5.41) is 0.555. The normalized spacial score (nSPS) is 21.5. The molecule has 0 N–H and O–H groups in total. The van der Waals surface area contributed by atoms with Crippen molar-refractivity contribution in [3.63, 3.8) is 0 Å². The van der Waals surface area contributed by atoms with Gasteiger partial charge in [0.1, 0.15) is 5.92 Å². The van der Waals surface area contributed by atoms with Gasteiger partial charge in [-0.25, -0.2) is 0 Å². The number of ether oxygens (including phenoxy) is 3. The largest absolute Gasteiger partial charge is 0.493 e. The molecule has 1 aliphatic heterocycles. The number of ketones is 1. The second-order valence-corrected chi connectivity index (χ2v) is 9.72. The SMILES string of the molecule is CCCCOC(=O)C1C(C)=NC2=C(C(=O)C[C@@H](c3ccc(OC)c(OC)c3)C2)[C@H]1c1cccc(Cl)c1. The van der Waals surface area contributed by atoms with Crippen LogP contribution < -0.4 is 9.47 Å². The fraction of sp³-hybridized carbons (Fsp3) is 0.414. The van der Waals surface area contributed by atoms with Crippen molar-refractivity contribution in [2.45, 2.75) is 51.4 Å². The zero-order valence-corrected chi connectivity index (χ0v) is 21.9. The van der Waals surface area contributed by atoms with Crippen LogP contribution in [0.15, 0.2) is 58.7 Å². The molecule has 0 aromatic heterocycles. The molecule has 0 radical (unpaired) electrons. The van der Waals surface area contributed by atoms with E-state index in [-0.39, 0.29) is 17.7 Å². The van der Waals surface area contributed by atoms with Crippen molar-refractivity contribution in [1.29, 1.82) is 0 Å².